The highest BCUT2D eigenvalue weighted by atomic mass is 16.3. The van der Waals surface area contributed by atoms with Gasteiger partial charge in [-0.2, -0.15) is 5.26 Å². The Morgan fingerprint density at radius 2 is 2.33 bits per heavy atom. The Balaban J connectivity index is 2.42. The van der Waals surface area contributed by atoms with Crippen LogP contribution in [-0.4, -0.2) is 11.2 Å². The van der Waals surface area contributed by atoms with Crippen LogP contribution in [0.25, 0.3) is 0 Å². The molecule has 1 aliphatic carbocycles. The topological polar surface area (TPSA) is 44.0 Å². The molecule has 1 N–H and O–H groups in total. The van der Waals surface area contributed by atoms with Crippen molar-refractivity contribution >= 4 is 0 Å². The Hall–Kier alpha value is -0.550. The number of hydrogen-bond donors (Lipinski definition) is 1. The van der Waals surface area contributed by atoms with Gasteiger partial charge in [0.1, 0.15) is 0 Å². The third kappa shape index (κ3) is 2.22. The molecule has 0 saturated heterocycles. The number of aliphatic hydroxyl groups is 1. The molecular formula is C10H17NO. The predicted octanol–water partition coefficient (Wildman–Crippen LogP) is 2.09. The van der Waals surface area contributed by atoms with Crippen LogP contribution in [0.4, 0.5) is 0 Å². The van der Waals surface area contributed by atoms with Crippen molar-refractivity contribution in [2.75, 3.05) is 0 Å². The molecule has 2 atom stereocenters. The third-order valence-corrected chi connectivity index (χ3v) is 2.85. The summed E-state index contributed by atoms with van der Waals surface area (Å²) in [6.07, 6.45) is 3.23. The molecule has 68 valence electrons. The molecule has 1 saturated carbocycles. The summed E-state index contributed by atoms with van der Waals surface area (Å²) in [5, 5.41) is 18.0. The molecule has 2 nitrogen and oxygen atoms in total. The van der Waals surface area contributed by atoms with Crippen molar-refractivity contribution in [1.82, 2.24) is 0 Å². The zero-order valence-corrected chi connectivity index (χ0v) is 7.88. The van der Waals surface area contributed by atoms with Gasteiger partial charge in [0.25, 0.3) is 0 Å². The summed E-state index contributed by atoms with van der Waals surface area (Å²) in [5.74, 6) is 0.361. The first-order valence-electron chi connectivity index (χ1n) is 4.60. The average molecular weight is 167 g/mol. The van der Waals surface area contributed by atoms with Crippen LogP contribution in [0.3, 0.4) is 0 Å². The van der Waals surface area contributed by atoms with E-state index in [2.05, 4.69) is 13.8 Å². The van der Waals surface area contributed by atoms with Crippen molar-refractivity contribution in [2.24, 2.45) is 11.3 Å². The van der Waals surface area contributed by atoms with E-state index >= 15 is 0 Å². The smallest absolute Gasteiger partial charge is 0.0698 e. The van der Waals surface area contributed by atoms with E-state index in [0.717, 1.165) is 12.8 Å². The van der Waals surface area contributed by atoms with E-state index in [1.54, 1.807) is 0 Å². The largest absolute Gasteiger partial charge is 0.392 e. The van der Waals surface area contributed by atoms with Gasteiger partial charge >= 0.3 is 0 Å². The van der Waals surface area contributed by atoms with E-state index in [1.807, 2.05) is 6.07 Å². The Kier molecular flexibility index (Phi) is 2.74. The highest BCUT2D eigenvalue weighted by Crippen LogP contribution is 2.42. The highest BCUT2D eigenvalue weighted by molar-refractivity contribution is 4.89. The molecule has 1 fully saturated rings. The van der Waals surface area contributed by atoms with Crippen LogP contribution >= 0.6 is 0 Å². The fourth-order valence-electron chi connectivity index (χ4n) is 2.08. The molecule has 1 rings (SSSR count). The van der Waals surface area contributed by atoms with Gasteiger partial charge in [-0.3, -0.25) is 0 Å². The van der Waals surface area contributed by atoms with Gasteiger partial charge in [-0.25, -0.2) is 0 Å². The van der Waals surface area contributed by atoms with Gasteiger partial charge in [0, 0.05) is 0 Å². The quantitative estimate of drug-likeness (QED) is 0.684. The van der Waals surface area contributed by atoms with E-state index in [0.29, 0.717) is 17.8 Å². The predicted molar refractivity (Wildman–Crippen MR) is 47.4 cm³/mol. The van der Waals surface area contributed by atoms with E-state index < -0.39 is 6.10 Å². The first kappa shape index (κ1) is 9.54. The van der Waals surface area contributed by atoms with Crippen molar-refractivity contribution in [2.45, 2.75) is 45.6 Å². The van der Waals surface area contributed by atoms with Crippen LogP contribution in [-0.2, 0) is 0 Å². The average Bonchev–Trinajstić information content (AvgIpc) is 2.31. The lowest BCUT2D eigenvalue weighted by molar-refractivity contribution is 0.109. The van der Waals surface area contributed by atoms with Crippen LogP contribution in [0.5, 0.6) is 0 Å². The lowest BCUT2D eigenvalue weighted by atomic mass is 9.89. The summed E-state index contributed by atoms with van der Waals surface area (Å²) in [6, 6.07) is 2.02. The summed E-state index contributed by atoms with van der Waals surface area (Å²) in [6.45, 7) is 4.46. The molecule has 12 heavy (non-hydrogen) atoms. The summed E-state index contributed by atoms with van der Waals surface area (Å²) >= 11 is 0. The molecule has 0 aromatic rings. The van der Waals surface area contributed by atoms with E-state index in [-0.39, 0.29) is 0 Å². The number of aliphatic hydroxyl groups excluding tert-OH is 1. The molecule has 1 aliphatic rings. The minimum atomic E-state index is -0.392. The molecule has 0 heterocycles. The molecular weight excluding hydrogens is 150 g/mol. The van der Waals surface area contributed by atoms with Gasteiger partial charge in [-0.1, -0.05) is 13.8 Å². The molecule has 0 radical (unpaired) electrons. The van der Waals surface area contributed by atoms with Gasteiger partial charge in [0.2, 0.25) is 0 Å². The SMILES string of the molecule is CC1(C)CCC(C(O)CC#N)C1. The van der Waals surface area contributed by atoms with Crippen molar-refractivity contribution in [3.63, 3.8) is 0 Å². The molecule has 2 unspecified atom stereocenters. The molecule has 0 aromatic heterocycles. The summed E-state index contributed by atoms with van der Waals surface area (Å²) in [4.78, 5) is 0. The van der Waals surface area contributed by atoms with Crippen molar-refractivity contribution in [3.8, 4) is 6.07 Å². The van der Waals surface area contributed by atoms with Gasteiger partial charge < -0.3 is 5.11 Å². The third-order valence-electron chi connectivity index (χ3n) is 2.85. The first-order valence-corrected chi connectivity index (χ1v) is 4.60. The van der Waals surface area contributed by atoms with E-state index in [1.165, 1.54) is 6.42 Å². The standard InChI is InChI=1S/C10H17NO/c1-10(2)5-3-8(7-10)9(12)4-6-11/h8-9,12H,3-5,7H2,1-2H3. The number of nitrogens with zero attached hydrogens (tertiary/aromatic N) is 1. The maximum absolute atomic E-state index is 9.56. The van der Waals surface area contributed by atoms with E-state index in [4.69, 9.17) is 5.26 Å². The van der Waals surface area contributed by atoms with Crippen molar-refractivity contribution in [1.29, 1.82) is 5.26 Å². The second-order valence-corrected chi connectivity index (χ2v) is 4.60. The lowest BCUT2D eigenvalue weighted by Crippen LogP contribution is -2.18. The maximum Gasteiger partial charge on any atom is 0.0698 e. The van der Waals surface area contributed by atoms with Gasteiger partial charge in [-0.15, -0.1) is 0 Å². The first-order chi connectivity index (χ1) is 5.55. The molecule has 0 amide bonds. The second-order valence-electron chi connectivity index (χ2n) is 4.60. The molecule has 0 spiro atoms. The van der Waals surface area contributed by atoms with Crippen molar-refractivity contribution in [3.05, 3.63) is 0 Å². The van der Waals surface area contributed by atoms with Crippen LogP contribution in [0.1, 0.15) is 39.5 Å². The molecule has 0 aliphatic heterocycles. The molecule has 0 aromatic carbocycles. The van der Waals surface area contributed by atoms with Crippen molar-refractivity contribution < 1.29 is 5.11 Å². The molecule has 2 heteroatoms. The number of rotatable bonds is 2. The second kappa shape index (κ2) is 3.45. The Morgan fingerprint density at radius 1 is 1.67 bits per heavy atom. The Morgan fingerprint density at radius 3 is 2.75 bits per heavy atom. The fraction of sp³-hybridized carbons (Fsp3) is 0.900. The zero-order valence-electron chi connectivity index (χ0n) is 7.88. The number of nitriles is 1. The number of hydrogen-bond acceptors (Lipinski definition) is 2. The highest BCUT2D eigenvalue weighted by Gasteiger charge is 2.34. The normalized spacial score (nSPS) is 29.7. The van der Waals surface area contributed by atoms with Gasteiger partial charge in [-0.05, 0) is 30.6 Å². The van der Waals surface area contributed by atoms with Crippen LogP contribution in [0.15, 0.2) is 0 Å². The van der Waals surface area contributed by atoms with Gasteiger partial charge in [0.05, 0.1) is 18.6 Å². The monoisotopic (exact) mass is 167 g/mol. The maximum atomic E-state index is 9.56. The lowest BCUT2D eigenvalue weighted by Gasteiger charge is -2.19. The van der Waals surface area contributed by atoms with Crippen LogP contribution < -0.4 is 0 Å². The van der Waals surface area contributed by atoms with Gasteiger partial charge in [0.15, 0.2) is 0 Å². The Labute approximate surface area is 74.2 Å². The Bertz CT molecular complexity index is 193. The summed E-state index contributed by atoms with van der Waals surface area (Å²) in [7, 11) is 0. The zero-order chi connectivity index (χ0) is 9.19. The van der Waals surface area contributed by atoms with E-state index in [9.17, 15) is 5.11 Å². The minimum absolute atomic E-state index is 0.292. The fourth-order valence-corrected chi connectivity index (χ4v) is 2.08. The summed E-state index contributed by atoms with van der Waals surface area (Å²) < 4.78 is 0. The minimum Gasteiger partial charge on any atom is -0.392 e. The van der Waals surface area contributed by atoms with Crippen LogP contribution in [0.2, 0.25) is 0 Å². The summed E-state index contributed by atoms with van der Waals surface area (Å²) in [5.41, 5.74) is 0.376. The van der Waals surface area contributed by atoms with Crippen LogP contribution in [0, 0.1) is 22.7 Å². The molecule has 0 bridgehead atoms.